The number of hydrogen-bond donors (Lipinski definition) is 3. The summed E-state index contributed by atoms with van der Waals surface area (Å²) < 4.78 is 1.46. The van der Waals surface area contributed by atoms with E-state index in [2.05, 4.69) is 20.7 Å². The highest BCUT2D eigenvalue weighted by Crippen LogP contribution is 2.26. The van der Waals surface area contributed by atoms with Gasteiger partial charge in [-0.05, 0) is 62.2 Å². The Morgan fingerprint density at radius 3 is 2.29 bits per heavy atom. The lowest BCUT2D eigenvalue weighted by Gasteiger charge is -2.13. The quantitative estimate of drug-likeness (QED) is 0.631. The summed E-state index contributed by atoms with van der Waals surface area (Å²) in [5.41, 5.74) is 2.93. The highest BCUT2D eigenvalue weighted by atomic mass is 16.3. The molecule has 1 heterocycles. The molecule has 0 aliphatic heterocycles. The van der Waals surface area contributed by atoms with E-state index in [1.165, 1.54) is 17.3 Å². The van der Waals surface area contributed by atoms with Gasteiger partial charge in [0.25, 0.3) is 5.91 Å². The Hall–Kier alpha value is -3.68. The molecule has 0 saturated carbocycles. The number of aryl methyl sites for hydroxylation is 1. The van der Waals surface area contributed by atoms with Gasteiger partial charge in [0.1, 0.15) is 24.4 Å². The van der Waals surface area contributed by atoms with E-state index in [1.807, 2.05) is 6.92 Å². The minimum atomic E-state index is -0.505. The van der Waals surface area contributed by atoms with Crippen molar-refractivity contribution < 1.29 is 14.7 Å². The molecular weight excluding hydrogens is 358 g/mol. The summed E-state index contributed by atoms with van der Waals surface area (Å²) in [6.45, 7) is 5.35. The molecule has 0 aliphatic carbocycles. The fourth-order valence-corrected chi connectivity index (χ4v) is 2.60. The van der Waals surface area contributed by atoms with Crippen LogP contribution in [0.15, 0.2) is 49.1 Å². The lowest BCUT2D eigenvalue weighted by Crippen LogP contribution is -2.24. The molecule has 3 N–H and O–H groups in total. The van der Waals surface area contributed by atoms with E-state index in [4.69, 9.17) is 0 Å². The topological polar surface area (TPSA) is 109 Å². The van der Waals surface area contributed by atoms with Gasteiger partial charge in [-0.2, -0.15) is 5.10 Å². The number of phenols is 1. The SMILES string of the molecule is Cc1ccc(C(=O)Nc2ccc(NC(=O)C(C)n3cncn3)cc2)c(O)c1C. The monoisotopic (exact) mass is 379 g/mol. The Kier molecular flexibility index (Phi) is 5.39. The van der Waals surface area contributed by atoms with Gasteiger partial charge in [0.05, 0.1) is 5.56 Å². The first kappa shape index (κ1) is 19.1. The normalized spacial score (nSPS) is 11.7. The van der Waals surface area contributed by atoms with Gasteiger partial charge in [-0.15, -0.1) is 0 Å². The first-order valence-electron chi connectivity index (χ1n) is 8.72. The molecule has 3 aromatic rings. The van der Waals surface area contributed by atoms with Gasteiger partial charge in [-0.3, -0.25) is 9.59 Å². The number of hydrogen-bond acceptors (Lipinski definition) is 5. The molecule has 144 valence electrons. The number of aromatic hydroxyl groups is 1. The minimum absolute atomic E-state index is 0.0246. The van der Waals surface area contributed by atoms with E-state index in [0.717, 1.165) is 5.56 Å². The number of amides is 2. The number of aromatic nitrogens is 3. The number of phenolic OH excluding ortho intramolecular Hbond substituents is 1. The van der Waals surface area contributed by atoms with Crippen LogP contribution in [0, 0.1) is 13.8 Å². The predicted octanol–water partition coefficient (Wildman–Crippen LogP) is 3.05. The molecular formula is C20H21N5O3. The molecule has 28 heavy (non-hydrogen) atoms. The van der Waals surface area contributed by atoms with Crippen LogP contribution in [0.4, 0.5) is 11.4 Å². The number of rotatable bonds is 5. The van der Waals surface area contributed by atoms with E-state index < -0.39 is 11.9 Å². The Labute approximate surface area is 162 Å². The van der Waals surface area contributed by atoms with Crippen LogP contribution in [-0.4, -0.2) is 31.7 Å². The number of benzene rings is 2. The largest absolute Gasteiger partial charge is 0.507 e. The number of carbonyl (C=O) groups is 2. The zero-order chi connectivity index (χ0) is 20.3. The summed E-state index contributed by atoms with van der Waals surface area (Å²) in [4.78, 5) is 28.5. The lowest BCUT2D eigenvalue weighted by molar-refractivity contribution is -0.119. The van der Waals surface area contributed by atoms with Crippen LogP contribution >= 0.6 is 0 Å². The smallest absolute Gasteiger partial charge is 0.259 e. The standard InChI is InChI=1S/C20H21N5O3/c1-12-4-9-17(18(26)13(12)2)20(28)24-16-7-5-15(6-8-16)23-19(27)14(3)25-11-21-10-22-25/h4-11,14,26H,1-3H3,(H,23,27)(H,24,28). The van der Waals surface area contributed by atoms with E-state index in [1.54, 1.807) is 50.2 Å². The molecule has 0 aliphatic rings. The van der Waals surface area contributed by atoms with Crippen LogP contribution in [0.3, 0.4) is 0 Å². The van der Waals surface area contributed by atoms with Gasteiger partial charge < -0.3 is 15.7 Å². The molecule has 1 atom stereocenters. The third-order valence-corrected chi connectivity index (χ3v) is 4.57. The lowest BCUT2D eigenvalue weighted by atomic mass is 10.0. The van der Waals surface area contributed by atoms with Gasteiger partial charge in [0.2, 0.25) is 5.91 Å². The van der Waals surface area contributed by atoms with Crippen LogP contribution in [0.25, 0.3) is 0 Å². The van der Waals surface area contributed by atoms with Gasteiger partial charge >= 0.3 is 0 Å². The zero-order valence-corrected chi connectivity index (χ0v) is 15.8. The number of nitrogens with one attached hydrogen (secondary N) is 2. The number of nitrogens with zero attached hydrogens (tertiary/aromatic N) is 3. The molecule has 0 spiro atoms. The summed E-state index contributed by atoms with van der Waals surface area (Å²) in [5, 5.41) is 19.7. The van der Waals surface area contributed by atoms with Crippen molar-refractivity contribution in [3.05, 3.63) is 65.7 Å². The minimum Gasteiger partial charge on any atom is -0.507 e. The highest BCUT2D eigenvalue weighted by molar-refractivity contribution is 6.06. The molecule has 2 aromatic carbocycles. The van der Waals surface area contributed by atoms with Crippen molar-refractivity contribution in [3.8, 4) is 5.75 Å². The predicted molar refractivity (Wildman–Crippen MR) is 105 cm³/mol. The van der Waals surface area contributed by atoms with E-state index in [0.29, 0.717) is 16.9 Å². The van der Waals surface area contributed by atoms with Crippen molar-refractivity contribution in [2.24, 2.45) is 0 Å². The maximum Gasteiger partial charge on any atom is 0.259 e. The average molecular weight is 379 g/mol. The third kappa shape index (κ3) is 4.01. The van der Waals surface area contributed by atoms with Crippen molar-refractivity contribution in [2.45, 2.75) is 26.8 Å². The first-order valence-corrected chi connectivity index (χ1v) is 8.72. The summed E-state index contributed by atoms with van der Waals surface area (Å²) in [6, 6.07) is 9.59. The van der Waals surface area contributed by atoms with Gasteiger partial charge in [-0.1, -0.05) is 6.07 Å². The van der Waals surface area contributed by atoms with Gasteiger partial charge in [-0.25, -0.2) is 9.67 Å². The van der Waals surface area contributed by atoms with Crippen LogP contribution in [0.1, 0.15) is 34.5 Å². The van der Waals surface area contributed by atoms with Crippen molar-refractivity contribution in [2.75, 3.05) is 10.6 Å². The number of anilines is 2. The third-order valence-electron chi connectivity index (χ3n) is 4.57. The molecule has 1 aromatic heterocycles. The molecule has 1 unspecified atom stereocenters. The van der Waals surface area contributed by atoms with E-state index in [9.17, 15) is 14.7 Å². The Balaban J connectivity index is 1.65. The van der Waals surface area contributed by atoms with Crippen LogP contribution in [0.2, 0.25) is 0 Å². The second kappa shape index (κ2) is 7.91. The first-order chi connectivity index (χ1) is 13.4. The average Bonchev–Trinajstić information content (AvgIpc) is 3.21. The fraction of sp³-hybridized carbons (Fsp3) is 0.200. The molecule has 3 rings (SSSR count). The molecule has 0 fully saturated rings. The maximum absolute atomic E-state index is 12.4. The second-order valence-electron chi connectivity index (χ2n) is 6.48. The molecule has 0 radical (unpaired) electrons. The fourth-order valence-electron chi connectivity index (χ4n) is 2.60. The van der Waals surface area contributed by atoms with E-state index >= 15 is 0 Å². The zero-order valence-electron chi connectivity index (χ0n) is 15.8. The summed E-state index contributed by atoms with van der Waals surface area (Å²) in [5.74, 6) is -0.664. The maximum atomic E-state index is 12.4. The number of carbonyl (C=O) groups excluding carboxylic acids is 2. The molecule has 8 nitrogen and oxygen atoms in total. The van der Waals surface area contributed by atoms with Crippen molar-refractivity contribution in [1.82, 2.24) is 14.8 Å². The summed E-state index contributed by atoms with van der Waals surface area (Å²) >= 11 is 0. The second-order valence-corrected chi connectivity index (χ2v) is 6.48. The van der Waals surface area contributed by atoms with Crippen LogP contribution in [-0.2, 0) is 4.79 Å². The van der Waals surface area contributed by atoms with Crippen LogP contribution in [0.5, 0.6) is 5.75 Å². The Bertz CT molecular complexity index is 997. The van der Waals surface area contributed by atoms with Crippen molar-refractivity contribution in [1.29, 1.82) is 0 Å². The van der Waals surface area contributed by atoms with Gasteiger partial charge in [0.15, 0.2) is 0 Å². The molecule has 0 saturated heterocycles. The molecule has 0 bridgehead atoms. The molecule has 2 amide bonds. The molecule has 8 heteroatoms. The highest BCUT2D eigenvalue weighted by Gasteiger charge is 2.16. The summed E-state index contributed by atoms with van der Waals surface area (Å²) in [7, 11) is 0. The van der Waals surface area contributed by atoms with Crippen molar-refractivity contribution >= 4 is 23.2 Å². The Morgan fingerprint density at radius 1 is 1.04 bits per heavy atom. The Morgan fingerprint density at radius 2 is 1.68 bits per heavy atom. The van der Waals surface area contributed by atoms with E-state index in [-0.39, 0.29) is 17.2 Å². The summed E-state index contributed by atoms with van der Waals surface area (Å²) in [6.07, 6.45) is 2.85. The van der Waals surface area contributed by atoms with Crippen molar-refractivity contribution in [3.63, 3.8) is 0 Å². The van der Waals surface area contributed by atoms with Crippen LogP contribution < -0.4 is 10.6 Å². The van der Waals surface area contributed by atoms with Gasteiger partial charge in [0, 0.05) is 11.4 Å².